The summed E-state index contributed by atoms with van der Waals surface area (Å²) in [6.07, 6.45) is 10.4. The number of fused-ring (bicyclic) bond motifs is 2. The van der Waals surface area contributed by atoms with Crippen LogP contribution in [0.25, 0.3) is 11.6 Å². The molecule has 2 aromatic rings. The van der Waals surface area contributed by atoms with Crippen LogP contribution in [0.3, 0.4) is 0 Å². The van der Waals surface area contributed by atoms with E-state index in [0.29, 0.717) is 19.0 Å². The summed E-state index contributed by atoms with van der Waals surface area (Å²) in [5, 5.41) is 0.740. The van der Waals surface area contributed by atoms with Crippen molar-refractivity contribution < 1.29 is 8.42 Å². The van der Waals surface area contributed by atoms with Gasteiger partial charge in [-0.3, -0.25) is 4.98 Å². The standard InChI is InChI=1S/C24H29ClN2O2S/c1-3-4-6-18-15-19-16-20(25)8-9-21(19)23(24-22(18)7-5-12-26-24)17-10-13-27(14-11-17)30(2,28)29/h5,7-9,12,15-17,23H,3-4,6,10-11,13-14H2,1-2H3. The number of allylic oxidation sites excluding steroid dienone is 1. The van der Waals surface area contributed by atoms with E-state index < -0.39 is 10.0 Å². The molecule has 1 aliphatic heterocycles. The number of unbranched alkanes of at least 4 members (excludes halogenated alkanes) is 1. The van der Waals surface area contributed by atoms with Gasteiger partial charge in [-0.05, 0) is 72.1 Å². The summed E-state index contributed by atoms with van der Waals surface area (Å²) in [4.78, 5) is 4.88. The average molecular weight is 445 g/mol. The van der Waals surface area contributed by atoms with Crippen LogP contribution in [0.5, 0.6) is 0 Å². The fourth-order valence-corrected chi connectivity index (χ4v) is 5.95. The second-order valence-corrected chi connectivity index (χ2v) is 10.9. The van der Waals surface area contributed by atoms with Gasteiger partial charge >= 0.3 is 0 Å². The number of hydrogen-bond acceptors (Lipinski definition) is 3. The number of pyridine rings is 1. The molecule has 160 valence electrons. The maximum Gasteiger partial charge on any atom is 0.211 e. The zero-order valence-corrected chi connectivity index (χ0v) is 19.2. The van der Waals surface area contributed by atoms with Crippen LogP contribution in [0.4, 0.5) is 0 Å². The second kappa shape index (κ2) is 8.81. The summed E-state index contributed by atoms with van der Waals surface area (Å²) in [6, 6.07) is 10.4. The van der Waals surface area contributed by atoms with Crippen LogP contribution in [0.1, 0.15) is 67.3 Å². The molecule has 4 nitrogen and oxygen atoms in total. The first-order valence-electron chi connectivity index (χ1n) is 10.8. The third-order valence-electron chi connectivity index (χ3n) is 6.43. The Balaban J connectivity index is 1.79. The number of aromatic nitrogens is 1. The molecule has 30 heavy (non-hydrogen) atoms. The lowest BCUT2D eigenvalue weighted by Crippen LogP contribution is -2.39. The van der Waals surface area contributed by atoms with Crippen LogP contribution in [0.2, 0.25) is 5.02 Å². The van der Waals surface area contributed by atoms with E-state index in [1.165, 1.54) is 28.5 Å². The van der Waals surface area contributed by atoms with E-state index in [0.717, 1.165) is 42.8 Å². The van der Waals surface area contributed by atoms with Crippen LogP contribution in [0.15, 0.2) is 36.5 Å². The smallest absolute Gasteiger partial charge is 0.211 e. The molecule has 1 aromatic heterocycles. The van der Waals surface area contributed by atoms with Crippen molar-refractivity contribution in [3.63, 3.8) is 0 Å². The molecule has 0 radical (unpaired) electrons. The number of halogens is 1. The zero-order valence-electron chi connectivity index (χ0n) is 17.6. The van der Waals surface area contributed by atoms with Crippen LogP contribution in [-0.2, 0) is 10.0 Å². The Hall–Kier alpha value is -1.69. The van der Waals surface area contributed by atoms with Gasteiger partial charge in [-0.25, -0.2) is 12.7 Å². The molecule has 1 saturated heterocycles. The molecule has 1 fully saturated rings. The van der Waals surface area contributed by atoms with Crippen molar-refractivity contribution in [2.45, 2.75) is 44.9 Å². The minimum absolute atomic E-state index is 0.144. The molecule has 4 rings (SSSR count). The molecule has 1 atom stereocenters. The van der Waals surface area contributed by atoms with Gasteiger partial charge in [-0.15, -0.1) is 0 Å². The molecule has 0 spiro atoms. The Kier molecular flexibility index (Phi) is 6.33. The third kappa shape index (κ3) is 4.34. The monoisotopic (exact) mass is 444 g/mol. The summed E-state index contributed by atoms with van der Waals surface area (Å²) >= 11 is 6.38. The van der Waals surface area contributed by atoms with E-state index in [4.69, 9.17) is 16.6 Å². The molecular weight excluding hydrogens is 416 g/mol. The molecule has 6 heteroatoms. The number of nitrogens with zero attached hydrogens (tertiary/aromatic N) is 2. The first kappa shape index (κ1) is 21.5. The quantitative estimate of drug-likeness (QED) is 0.604. The topological polar surface area (TPSA) is 50.3 Å². The highest BCUT2D eigenvalue weighted by atomic mass is 35.5. The van der Waals surface area contributed by atoms with Crippen molar-refractivity contribution in [3.8, 4) is 0 Å². The fourth-order valence-electron chi connectivity index (χ4n) is 4.90. The largest absolute Gasteiger partial charge is 0.260 e. The van der Waals surface area contributed by atoms with E-state index in [-0.39, 0.29) is 5.92 Å². The minimum Gasteiger partial charge on any atom is -0.260 e. The van der Waals surface area contributed by atoms with Crippen molar-refractivity contribution in [2.75, 3.05) is 19.3 Å². The second-order valence-electron chi connectivity index (χ2n) is 8.46. The van der Waals surface area contributed by atoms with E-state index in [9.17, 15) is 8.42 Å². The van der Waals surface area contributed by atoms with Gasteiger partial charge in [0.05, 0.1) is 11.9 Å². The van der Waals surface area contributed by atoms with Gasteiger partial charge in [0, 0.05) is 30.2 Å². The Labute approximate surface area is 185 Å². The van der Waals surface area contributed by atoms with E-state index >= 15 is 0 Å². The predicted octanol–water partition coefficient (Wildman–Crippen LogP) is 5.58. The molecular formula is C24H29ClN2O2S. The molecule has 0 amide bonds. The van der Waals surface area contributed by atoms with Crippen molar-refractivity contribution >= 4 is 33.3 Å². The summed E-state index contributed by atoms with van der Waals surface area (Å²) in [6.45, 7) is 3.35. The van der Waals surface area contributed by atoms with Gasteiger partial charge in [-0.2, -0.15) is 0 Å². The van der Waals surface area contributed by atoms with Gasteiger partial charge in [0.25, 0.3) is 0 Å². The number of benzene rings is 1. The lowest BCUT2D eigenvalue weighted by molar-refractivity contribution is 0.256. The summed E-state index contributed by atoms with van der Waals surface area (Å²) in [7, 11) is -3.14. The van der Waals surface area contributed by atoms with Crippen molar-refractivity contribution in [1.82, 2.24) is 9.29 Å². The van der Waals surface area contributed by atoms with Crippen molar-refractivity contribution in [2.24, 2.45) is 5.92 Å². The summed E-state index contributed by atoms with van der Waals surface area (Å²) < 4.78 is 25.6. The minimum atomic E-state index is -3.14. The van der Waals surface area contributed by atoms with Crippen molar-refractivity contribution in [1.29, 1.82) is 0 Å². The first-order chi connectivity index (χ1) is 14.4. The molecule has 0 bridgehead atoms. The lowest BCUT2D eigenvalue weighted by Gasteiger charge is -2.35. The highest BCUT2D eigenvalue weighted by Gasteiger charge is 2.35. The fraction of sp³-hybridized carbons (Fsp3) is 0.458. The van der Waals surface area contributed by atoms with E-state index in [1.54, 1.807) is 4.31 Å². The Bertz CT molecular complexity index is 1060. The van der Waals surface area contributed by atoms with Gasteiger partial charge in [0.2, 0.25) is 10.0 Å². The van der Waals surface area contributed by atoms with Crippen molar-refractivity contribution in [3.05, 3.63) is 63.9 Å². The maximum absolute atomic E-state index is 12.0. The molecule has 0 saturated carbocycles. The number of sulfonamides is 1. The summed E-state index contributed by atoms with van der Waals surface area (Å²) in [5.74, 6) is 0.487. The Morgan fingerprint density at radius 3 is 2.67 bits per heavy atom. The molecule has 2 heterocycles. The summed E-state index contributed by atoms with van der Waals surface area (Å²) in [5.41, 5.74) is 6.10. The molecule has 1 aromatic carbocycles. The number of rotatable bonds is 5. The van der Waals surface area contributed by atoms with Gasteiger partial charge in [0.1, 0.15) is 0 Å². The Morgan fingerprint density at radius 1 is 1.20 bits per heavy atom. The lowest BCUT2D eigenvalue weighted by atomic mass is 9.76. The van der Waals surface area contributed by atoms with Crippen LogP contribution >= 0.6 is 11.6 Å². The van der Waals surface area contributed by atoms with Crippen LogP contribution < -0.4 is 0 Å². The Morgan fingerprint density at radius 2 is 1.97 bits per heavy atom. The van der Waals surface area contributed by atoms with Gasteiger partial charge in [-0.1, -0.05) is 43.2 Å². The average Bonchev–Trinajstić information content (AvgIpc) is 2.86. The number of hydrogen-bond donors (Lipinski definition) is 0. The van der Waals surface area contributed by atoms with E-state index in [2.05, 4.69) is 31.2 Å². The highest BCUT2D eigenvalue weighted by Crippen LogP contribution is 2.45. The van der Waals surface area contributed by atoms with Gasteiger partial charge < -0.3 is 0 Å². The molecule has 0 N–H and O–H groups in total. The number of piperidine rings is 1. The molecule has 1 unspecified atom stereocenters. The third-order valence-corrected chi connectivity index (χ3v) is 7.97. The molecule has 2 aliphatic rings. The highest BCUT2D eigenvalue weighted by molar-refractivity contribution is 7.88. The van der Waals surface area contributed by atoms with Gasteiger partial charge in [0.15, 0.2) is 0 Å². The van der Waals surface area contributed by atoms with Crippen LogP contribution in [-0.4, -0.2) is 37.1 Å². The normalized spacial score (nSPS) is 20.2. The SMILES string of the molecule is CCCCC1=Cc2cc(Cl)ccc2C(C2CCN(S(C)(=O)=O)CC2)c2ncccc21. The first-order valence-corrected chi connectivity index (χ1v) is 13.0. The molecule has 1 aliphatic carbocycles. The maximum atomic E-state index is 12.0. The van der Waals surface area contributed by atoms with E-state index in [1.807, 2.05) is 18.3 Å². The predicted molar refractivity (Wildman–Crippen MR) is 124 cm³/mol. The van der Waals surface area contributed by atoms with Crippen LogP contribution in [0, 0.1) is 5.92 Å². The zero-order chi connectivity index (χ0) is 21.3.